The summed E-state index contributed by atoms with van der Waals surface area (Å²) < 4.78 is 0. The molecule has 2 aromatic carbocycles. The van der Waals surface area contributed by atoms with Crippen LogP contribution in [0.5, 0.6) is 0 Å². The maximum atomic E-state index is 12.1. The fourth-order valence-electron chi connectivity index (χ4n) is 2.79. The SMILES string of the molecule is CN(Cc1ccccc1)C(=O)NCCC(=O)Nc1ccc(NC(=O)NC2CC2)cc1. The molecule has 158 valence electrons. The maximum absolute atomic E-state index is 12.1. The standard InChI is InChI=1S/C22H27N5O3/c1-27(15-16-5-3-2-4-6-16)22(30)23-14-13-20(28)24-17-7-9-18(10-8-17)25-21(29)26-19-11-12-19/h2-10,19H,11-15H2,1H3,(H,23,30)(H,24,28)(H2,25,26,29). The van der Waals surface area contributed by atoms with Crippen molar-refractivity contribution in [3.63, 3.8) is 0 Å². The Morgan fingerprint density at radius 2 is 1.57 bits per heavy atom. The summed E-state index contributed by atoms with van der Waals surface area (Å²) in [5, 5.41) is 11.1. The van der Waals surface area contributed by atoms with Crippen molar-refractivity contribution < 1.29 is 14.4 Å². The molecule has 0 radical (unpaired) electrons. The summed E-state index contributed by atoms with van der Waals surface area (Å²) in [5.41, 5.74) is 2.32. The minimum absolute atomic E-state index is 0.161. The summed E-state index contributed by atoms with van der Waals surface area (Å²) in [7, 11) is 1.71. The molecule has 0 bridgehead atoms. The molecule has 8 nitrogen and oxygen atoms in total. The first-order valence-electron chi connectivity index (χ1n) is 10.00. The summed E-state index contributed by atoms with van der Waals surface area (Å²) in [6.07, 6.45) is 2.22. The third-order valence-electron chi connectivity index (χ3n) is 4.58. The van der Waals surface area contributed by atoms with Gasteiger partial charge in [0.25, 0.3) is 0 Å². The molecule has 1 aliphatic rings. The van der Waals surface area contributed by atoms with Crippen LogP contribution in [-0.4, -0.2) is 42.5 Å². The van der Waals surface area contributed by atoms with Gasteiger partial charge in [-0.2, -0.15) is 0 Å². The Morgan fingerprint density at radius 3 is 2.20 bits per heavy atom. The van der Waals surface area contributed by atoms with Crippen molar-refractivity contribution in [1.82, 2.24) is 15.5 Å². The van der Waals surface area contributed by atoms with Gasteiger partial charge >= 0.3 is 12.1 Å². The molecule has 30 heavy (non-hydrogen) atoms. The first-order chi connectivity index (χ1) is 14.5. The van der Waals surface area contributed by atoms with Crippen molar-refractivity contribution in [2.45, 2.75) is 31.8 Å². The van der Waals surface area contributed by atoms with Crippen LogP contribution in [0.4, 0.5) is 21.0 Å². The van der Waals surface area contributed by atoms with E-state index >= 15 is 0 Å². The summed E-state index contributed by atoms with van der Waals surface area (Å²) in [5.74, 6) is -0.201. The van der Waals surface area contributed by atoms with Crippen molar-refractivity contribution in [3.05, 3.63) is 60.2 Å². The number of carbonyl (C=O) groups is 3. The minimum atomic E-state index is -0.230. The molecule has 0 unspecified atom stereocenters. The molecule has 3 rings (SSSR count). The highest BCUT2D eigenvalue weighted by molar-refractivity contribution is 5.92. The molecule has 2 aromatic rings. The van der Waals surface area contributed by atoms with Crippen LogP contribution < -0.4 is 21.3 Å². The number of hydrogen-bond acceptors (Lipinski definition) is 3. The summed E-state index contributed by atoms with van der Waals surface area (Å²) in [4.78, 5) is 37.5. The predicted octanol–water partition coefficient (Wildman–Crippen LogP) is 3.14. The van der Waals surface area contributed by atoms with Gasteiger partial charge in [0.2, 0.25) is 5.91 Å². The van der Waals surface area contributed by atoms with Crippen LogP contribution in [-0.2, 0) is 11.3 Å². The molecule has 0 saturated heterocycles. The zero-order valence-corrected chi connectivity index (χ0v) is 17.0. The largest absolute Gasteiger partial charge is 0.337 e. The maximum Gasteiger partial charge on any atom is 0.319 e. The van der Waals surface area contributed by atoms with Crippen molar-refractivity contribution in [2.75, 3.05) is 24.2 Å². The van der Waals surface area contributed by atoms with Gasteiger partial charge in [0, 0.05) is 44.0 Å². The highest BCUT2D eigenvalue weighted by Gasteiger charge is 2.23. The number of nitrogens with one attached hydrogen (secondary N) is 4. The van der Waals surface area contributed by atoms with E-state index in [0.717, 1.165) is 18.4 Å². The van der Waals surface area contributed by atoms with E-state index in [9.17, 15) is 14.4 Å². The summed E-state index contributed by atoms with van der Waals surface area (Å²) >= 11 is 0. The first-order valence-corrected chi connectivity index (χ1v) is 10.00. The molecular formula is C22H27N5O3. The number of amides is 5. The fourth-order valence-corrected chi connectivity index (χ4v) is 2.79. The Kier molecular flexibility index (Phi) is 7.26. The Balaban J connectivity index is 1.34. The molecule has 0 spiro atoms. The van der Waals surface area contributed by atoms with E-state index < -0.39 is 0 Å². The molecule has 0 heterocycles. The number of nitrogens with zero attached hydrogens (tertiary/aromatic N) is 1. The highest BCUT2D eigenvalue weighted by atomic mass is 16.2. The first kappa shape index (κ1) is 21.2. The van der Waals surface area contributed by atoms with E-state index in [-0.39, 0.29) is 30.9 Å². The smallest absolute Gasteiger partial charge is 0.319 e. The van der Waals surface area contributed by atoms with Crippen molar-refractivity contribution in [1.29, 1.82) is 0 Å². The van der Waals surface area contributed by atoms with Crippen LogP contribution in [0.2, 0.25) is 0 Å². The van der Waals surface area contributed by atoms with E-state index in [1.54, 1.807) is 36.2 Å². The van der Waals surface area contributed by atoms with Crippen LogP contribution in [0.3, 0.4) is 0 Å². The third-order valence-corrected chi connectivity index (χ3v) is 4.58. The molecule has 0 atom stereocenters. The Morgan fingerprint density at radius 1 is 0.933 bits per heavy atom. The molecule has 1 aliphatic carbocycles. The number of rotatable bonds is 8. The normalized spacial score (nSPS) is 12.6. The van der Waals surface area contributed by atoms with E-state index in [1.165, 1.54) is 0 Å². The van der Waals surface area contributed by atoms with Gasteiger partial charge in [0.1, 0.15) is 0 Å². The van der Waals surface area contributed by atoms with Gasteiger partial charge < -0.3 is 26.2 Å². The number of benzene rings is 2. The second kappa shape index (κ2) is 10.3. The van der Waals surface area contributed by atoms with Gasteiger partial charge in [0.05, 0.1) is 0 Å². The van der Waals surface area contributed by atoms with Crippen LogP contribution in [0.15, 0.2) is 54.6 Å². The van der Waals surface area contributed by atoms with E-state index in [4.69, 9.17) is 0 Å². The molecule has 4 N–H and O–H groups in total. The fraction of sp³-hybridized carbons (Fsp3) is 0.318. The molecular weight excluding hydrogens is 382 g/mol. The van der Waals surface area contributed by atoms with Crippen LogP contribution in [0.1, 0.15) is 24.8 Å². The summed E-state index contributed by atoms with van der Waals surface area (Å²) in [6, 6.07) is 16.4. The lowest BCUT2D eigenvalue weighted by molar-refractivity contribution is -0.116. The van der Waals surface area contributed by atoms with Crippen LogP contribution >= 0.6 is 0 Å². The van der Waals surface area contributed by atoms with Gasteiger partial charge in [-0.05, 0) is 42.7 Å². The van der Waals surface area contributed by atoms with Crippen LogP contribution in [0, 0.1) is 0 Å². The lowest BCUT2D eigenvalue weighted by Gasteiger charge is -2.18. The molecule has 1 fully saturated rings. The van der Waals surface area contributed by atoms with Crippen molar-refractivity contribution in [3.8, 4) is 0 Å². The lowest BCUT2D eigenvalue weighted by atomic mass is 10.2. The number of anilines is 2. The van der Waals surface area contributed by atoms with Gasteiger partial charge in [-0.3, -0.25) is 4.79 Å². The predicted molar refractivity (Wildman–Crippen MR) is 116 cm³/mol. The summed E-state index contributed by atoms with van der Waals surface area (Å²) in [6.45, 7) is 0.739. The molecule has 5 amide bonds. The van der Waals surface area contributed by atoms with Crippen LogP contribution in [0.25, 0.3) is 0 Å². The second-order valence-corrected chi connectivity index (χ2v) is 7.32. The third kappa shape index (κ3) is 7.12. The molecule has 0 aliphatic heterocycles. The number of hydrogen-bond donors (Lipinski definition) is 4. The second-order valence-electron chi connectivity index (χ2n) is 7.32. The number of urea groups is 2. The van der Waals surface area contributed by atoms with Crippen molar-refractivity contribution >= 4 is 29.3 Å². The van der Waals surface area contributed by atoms with Gasteiger partial charge in [-0.15, -0.1) is 0 Å². The quantitative estimate of drug-likeness (QED) is 0.539. The minimum Gasteiger partial charge on any atom is -0.337 e. The number of carbonyl (C=O) groups excluding carboxylic acids is 3. The molecule has 0 aromatic heterocycles. The zero-order valence-electron chi connectivity index (χ0n) is 17.0. The topological polar surface area (TPSA) is 103 Å². The highest BCUT2D eigenvalue weighted by Crippen LogP contribution is 2.19. The van der Waals surface area contributed by atoms with Crippen molar-refractivity contribution in [2.24, 2.45) is 0 Å². The lowest BCUT2D eigenvalue weighted by Crippen LogP contribution is -2.38. The Labute approximate surface area is 176 Å². The molecule has 1 saturated carbocycles. The molecule has 8 heteroatoms. The average Bonchev–Trinajstić information content (AvgIpc) is 3.54. The van der Waals surface area contributed by atoms with Gasteiger partial charge in [0.15, 0.2) is 0 Å². The van der Waals surface area contributed by atoms with E-state index in [2.05, 4.69) is 21.3 Å². The Hall–Kier alpha value is -3.55. The Bertz CT molecular complexity index is 866. The van der Waals surface area contributed by atoms with E-state index in [1.807, 2.05) is 30.3 Å². The average molecular weight is 409 g/mol. The van der Waals surface area contributed by atoms with Gasteiger partial charge in [-0.1, -0.05) is 30.3 Å². The van der Waals surface area contributed by atoms with E-state index in [0.29, 0.717) is 24.0 Å². The zero-order chi connectivity index (χ0) is 21.3. The monoisotopic (exact) mass is 409 g/mol. The van der Waals surface area contributed by atoms with Gasteiger partial charge in [-0.25, -0.2) is 9.59 Å².